The van der Waals surface area contributed by atoms with Gasteiger partial charge in [-0.15, -0.1) is 0 Å². The van der Waals surface area contributed by atoms with Gasteiger partial charge in [0.15, 0.2) is 0 Å². The number of piperidine rings is 1. The number of pyridine rings is 2. The normalized spacial score (nSPS) is 17.3. The molecule has 1 aliphatic rings. The molecule has 0 saturated carbocycles. The number of methoxy groups -OCH3 is 1. The van der Waals surface area contributed by atoms with E-state index in [0.29, 0.717) is 18.8 Å². The van der Waals surface area contributed by atoms with Crippen LogP contribution < -0.4 is 10.1 Å². The maximum absolute atomic E-state index is 13.3. The summed E-state index contributed by atoms with van der Waals surface area (Å²) in [6.45, 7) is 2.82. The SMILES string of the molecule is COc1ccccc1S(=O)(=O)N1CCC[C@H](c2cc(Nc3ccccn3)cc(C)n2)C1. The van der Waals surface area contributed by atoms with Gasteiger partial charge in [0.25, 0.3) is 0 Å². The Morgan fingerprint density at radius 2 is 1.94 bits per heavy atom. The molecule has 1 saturated heterocycles. The summed E-state index contributed by atoms with van der Waals surface area (Å²) in [5, 5.41) is 3.31. The summed E-state index contributed by atoms with van der Waals surface area (Å²) in [7, 11) is -2.17. The number of rotatable bonds is 6. The summed E-state index contributed by atoms with van der Waals surface area (Å²) in [6.07, 6.45) is 3.40. The third kappa shape index (κ3) is 4.70. The highest BCUT2D eigenvalue weighted by molar-refractivity contribution is 7.89. The number of hydrogen-bond acceptors (Lipinski definition) is 6. The minimum atomic E-state index is -3.66. The Morgan fingerprint density at radius 1 is 1.13 bits per heavy atom. The summed E-state index contributed by atoms with van der Waals surface area (Å²) in [4.78, 5) is 9.23. The van der Waals surface area contributed by atoms with E-state index in [0.717, 1.165) is 35.7 Å². The molecule has 162 valence electrons. The molecule has 31 heavy (non-hydrogen) atoms. The Bertz CT molecular complexity index is 1150. The van der Waals surface area contributed by atoms with Crippen molar-refractivity contribution in [2.45, 2.75) is 30.6 Å². The highest BCUT2D eigenvalue weighted by Gasteiger charge is 2.33. The second kappa shape index (κ2) is 9.03. The van der Waals surface area contributed by atoms with Gasteiger partial charge < -0.3 is 10.1 Å². The van der Waals surface area contributed by atoms with E-state index in [4.69, 9.17) is 9.72 Å². The first-order valence-electron chi connectivity index (χ1n) is 10.3. The molecule has 0 spiro atoms. The summed E-state index contributed by atoms with van der Waals surface area (Å²) in [5.74, 6) is 1.13. The van der Waals surface area contributed by atoms with E-state index >= 15 is 0 Å². The molecule has 1 fully saturated rings. The monoisotopic (exact) mass is 438 g/mol. The molecule has 0 radical (unpaired) electrons. The summed E-state index contributed by atoms with van der Waals surface area (Å²) >= 11 is 0. The first-order chi connectivity index (χ1) is 15.0. The minimum absolute atomic E-state index is 0.0161. The Kier molecular flexibility index (Phi) is 6.20. The highest BCUT2D eigenvalue weighted by atomic mass is 32.2. The third-order valence-corrected chi connectivity index (χ3v) is 7.30. The molecule has 1 atom stereocenters. The lowest BCUT2D eigenvalue weighted by atomic mass is 9.95. The Labute approximate surface area is 183 Å². The van der Waals surface area contributed by atoms with Crippen LogP contribution in [0.2, 0.25) is 0 Å². The molecule has 2 aromatic heterocycles. The van der Waals surface area contributed by atoms with Crippen LogP contribution in [0.4, 0.5) is 11.5 Å². The van der Waals surface area contributed by atoms with Gasteiger partial charge in [0.05, 0.1) is 7.11 Å². The van der Waals surface area contributed by atoms with E-state index in [-0.39, 0.29) is 10.8 Å². The lowest BCUT2D eigenvalue weighted by molar-refractivity contribution is 0.310. The van der Waals surface area contributed by atoms with E-state index in [1.807, 2.05) is 37.3 Å². The number of aryl methyl sites for hydroxylation is 1. The van der Waals surface area contributed by atoms with Crippen LogP contribution >= 0.6 is 0 Å². The lowest BCUT2D eigenvalue weighted by Crippen LogP contribution is -2.39. The number of anilines is 2. The van der Waals surface area contributed by atoms with Crippen molar-refractivity contribution in [1.82, 2.24) is 14.3 Å². The maximum atomic E-state index is 13.3. The predicted octanol–water partition coefficient (Wildman–Crippen LogP) is 4.11. The average Bonchev–Trinajstić information content (AvgIpc) is 2.79. The van der Waals surface area contributed by atoms with Gasteiger partial charge in [0.2, 0.25) is 10.0 Å². The van der Waals surface area contributed by atoms with E-state index in [2.05, 4.69) is 10.3 Å². The Balaban J connectivity index is 1.59. The average molecular weight is 439 g/mol. The van der Waals surface area contributed by atoms with Crippen molar-refractivity contribution < 1.29 is 13.2 Å². The second-order valence-corrected chi connectivity index (χ2v) is 9.52. The van der Waals surface area contributed by atoms with Crippen LogP contribution in [0.1, 0.15) is 30.1 Å². The number of benzene rings is 1. The zero-order chi connectivity index (χ0) is 21.8. The zero-order valence-electron chi connectivity index (χ0n) is 17.7. The first kappa shape index (κ1) is 21.3. The molecule has 0 unspecified atom stereocenters. The smallest absolute Gasteiger partial charge is 0.246 e. The van der Waals surface area contributed by atoms with Gasteiger partial charge in [0.1, 0.15) is 16.5 Å². The van der Waals surface area contributed by atoms with E-state index in [1.54, 1.807) is 34.8 Å². The molecule has 1 N–H and O–H groups in total. The summed E-state index contributed by atoms with van der Waals surface area (Å²) in [6, 6.07) is 16.4. The second-order valence-electron chi connectivity index (χ2n) is 7.62. The molecular weight excluding hydrogens is 412 g/mol. The van der Waals surface area contributed by atoms with Crippen LogP contribution in [0.5, 0.6) is 5.75 Å². The van der Waals surface area contributed by atoms with Gasteiger partial charge in [-0.05, 0) is 56.2 Å². The maximum Gasteiger partial charge on any atom is 0.246 e. The fraction of sp³-hybridized carbons (Fsp3) is 0.304. The number of aromatic nitrogens is 2. The zero-order valence-corrected chi connectivity index (χ0v) is 18.5. The van der Waals surface area contributed by atoms with Crippen LogP contribution in [0, 0.1) is 6.92 Å². The van der Waals surface area contributed by atoms with Crippen molar-refractivity contribution in [1.29, 1.82) is 0 Å². The molecule has 0 bridgehead atoms. The van der Waals surface area contributed by atoms with Crippen molar-refractivity contribution in [2.75, 3.05) is 25.5 Å². The summed E-state index contributed by atoms with van der Waals surface area (Å²) in [5.41, 5.74) is 2.66. The fourth-order valence-corrected chi connectivity index (χ4v) is 5.61. The van der Waals surface area contributed by atoms with Crippen LogP contribution in [-0.2, 0) is 10.0 Å². The number of hydrogen-bond donors (Lipinski definition) is 1. The van der Waals surface area contributed by atoms with Gasteiger partial charge in [0, 0.05) is 42.3 Å². The minimum Gasteiger partial charge on any atom is -0.495 e. The van der Waals surface area contributed by atoms with Crippen LogP contribution in [0.25, 0.3) is 0 Å². The van der Waals surface area contributed by atoms with Crippen molar-refractivity contribution >= 4 is 21.5 Å². The topological polar surface area (TPSA) is 84.4 Å². The van der Waals surface area contributed by atoms with Gasteiger partial charge in [-0.1, -0.05) is 18.2 Å². The molecule has 1 aliphatic heterocycles. The standard InChI is InChI=1S/C23H26N4O3S/c1-17-14-19(26-23-11-5-6-12-24-23)15-20(25-17)18-8-7-13-27(16-18)31(28,29)22-10-4-3-9-21(22)30-2/h3-6,9-12,14-15,18H,7-8,13,16H2,1-2H3,(H,24,25,26)/t18-/m0/s1. The first-order valence-corrected chi connectivity index (χ1v) is 11.7. The molecule has 1 aromatic carbocycles. The number of nitrogens with one attached hydrogen (secondary N) is 1. The van der Waals surface area contributed by atoms with Crippen LogP contribution in [0.3, 0.4) is 0 Å². The van der Waals surface area contributed by atoms with Gasteiger partial charge in [-0.3, -0.25) is 4.98 Å². The summed E-state index contributed by atoms with van der Waals surface area (Å²) < 4.78 is 33.5. The highest BCUT2D eigenvalue weighted by Crippen LogP contribution is 2.33. The Hall–Kier alpha value is -2.97. The molecule has 3 heterocycles. The van der Waals surface area contributed by atoms with Crippen molar-refractivity contribution in [3.63, 3.8) is 0 Å². The number of sulfonamides is 1. The molecular formula is C23H26N4O3S. The fourth-order valence-electron chi connectivity index (χ4n) is 3.93. The van der Waals surface area contributed by atoms with Crippen LogP contribution in [0.15, 0.2) is 65.7 Å². The lowest BCUT2D eigenvalue weighted by Gasteiger charge is -2.32. The Morgan fingerprint density at radius 3 is 2.71 bits per heavy atom. The molecule has 3 aromatic rings. The van der Waals surface area contributed by atoms with Gasteiger partial charge in [-0.2, -0.15) is 4.31 Å². The van der Waals surface area contributed by atoms with Crippen molar-refractivity contribution in [3.05, 3.63) is 72.2 Å². The van der Waals surface area contributed by atoms with Crippen molar-refractivity contribution in [3.8, 4) is 5.75 Å². The molecule has 0 amide bonds. The van der Waals surface area contributed by atoms with Crippen LogP contribution in [-0.4, -0.2) is 42.9 Å². The third-order valence-electron chi connectivity index (χ3n) is 5.40. The number of ether oxygens (including phenoxy) is 1. The van der Waals surface area contributed by atoms with E-state index < -0.39 is 10.0 Å². The molecule has 0 aliphatic carbocycles. The quantitative estimate of drug-likeness (QED) is 0.624. The van der Waals surface area contributed by atoms with E-state index in [9.17, 15) is 8.42 Å². The van der Waals surface area contributed by atoms with E-state index in [1.165, 1.54) is 7.11 Å². The van der Waals surface area contributed by atoms with Gasteiger partial charge in [-0.25, -0.2) is 13.4 Å². The number of nitrogens with zero attached hydrogens (tertiary/aromatic N) is 3. The molecule has 7 nitrogen and oxygen atoms in total. The predicted molar refractivity (Wildman–Crippen MR) is 120 cm³/mol. The molecule has 4 rings (SSSR count). The largest absolute Gasteiger partial charge is 0.495 e. The molecule has 8 heteroatoms. The number of para-hydroxylation sites is 1. The van der Waals surface area contributed by atoms with Crippen molar-refractivity contribution in [2.24, 2.45) is 0 Å². The van der Waals surface area contributed by atoms with Gasteiger partial charge >= 0.3 is 0 Å².